The lowest BCUT2D eigenvalue weighted by molar-refractivity contribution is -0.112. The van der Waals surface area contributed by atoms with Crippen molar-refractivity contribution < 1.29 is 9.18 Å². The Hall–Kier alpha value is -3.42. The third-order valence-corrected chi connectivity index (χ3v) is 4.38. The number of hydrogen-bond donors (Lipinski definition) is 1. The van der Waals surface area contributed by atoms with Gasteiger partial charge in [0.15, 0.2) is 0 Å². The number of halogens is 2. The summed E-state index contributed by atoms with van der Waals surface area (Å²) in [7, 11) is 0. The average molecular weight is 391 g/mol. The average Bonchev–Trinajstić information content (AvgIpc) is 2.70. The molecule has 0 atom stereocenters. The van der Waals surface area contributed by atoms with Crippen molar-refractivity contribution in [3.8, 4) is 6.07 Å². The molecule has 0 heterocycles. The Kier molecular flexibility index (Phi) is 6.21. The van der Waals surface area contributed by atoms with E-state index in [-0.39, 0.29) is 11.4 Å². The van der Waals surface area contributed by atoms with E-state index in [2.05, 4.69) is 5.32 Å². The minimum atomic E-state index is -0.523. The van der Waals surface area contributed by atoms with Gasteiger partial charge in [0, 0.05) is 17.1 Å². The van der Waals surface area contributed by atoms with Gasteiger partial charge in [0.05, 0.1) is 0 Å². The summed E-state index contributed by atoms with van der Waals surface area (Å²) in [5, 5.41) is 12.6. The predicted octanol–water partition coefficient (Wildman–Crippen LogP) is 5.62. The molecular formula is C23H16ClFN2O. The lowest BCUT2D eigenvalue weighted by Crippen LogP contribution is -2.13. The quantitative estimate of drug-likeness (QED) is 0.454. The lowest BCUT2D eigenvalue weighted by Gasteiger charge is -2.09. The van der Waals surface area contributed by atoms with Crippen molar-refractivity contribution >= 4 is 29.3 Å². The van der Waals surface area contributed by atoms with Gasteiger partial charge in [-0.15, -0.1) is 0 Å². The van der Waals surface area contributed by atoms with Crippen LogP contribution in [0.2, 0.25) is 5.02 Å². The first-order valence-corrected chi connectivity index (χ1v) is 8.94. The molecule has 3 rings (SSSR count). The first-order valence-electron chi connectivity index (χ1n) is 8.57. The van der Waals surface area contributed by atoms with Gasteiger partial charge in [-0.1, -0.05) is 54.1 Å². The van der Waals surface area contributed by atoms with Crippen LogP contribution in [-0.4, -0.2) is 5.91 Å². The topological polar surface area (TPSA) is 52.9 Å². The molecule has 28 heavy (non-hydrogen) atoms. The predicted molar refractivity (Wildman–Crippen MR) is 109 cm³/mol. The summed E-state index contributed by atoms with van der Waals surface area (Å²) in [6.45, 7) is 0. The van der Waals surface area contributed by atoms with E-state index in [1.165, 1.54) is 12.1 Å². The third-order valence-electron chi connectivity index (χ3n) is 4.14. The van der Waals surface area contributed by atoms with Crippen LogP contribution in [0, 0.1) is 17.1 Å². The van der Waals surface area contributed by atoms with Crippen molar-refractivity contribution in [2.24, 2.45) is 0 Å². The Labute approximate surface area is 167 Å². The molecule has 0 saturated carbocycles. The van der Waals surface area contributed by atoms with E-state index in [4.69, 9.17) is 11.6 Å². The Morgan fingerprint density at radius 3 is 2.46 bits per heavy atom. The van der Waals surface area contributed by atoms with Gasteiger partial charge in [-0.3, -0.25) is 4.79 Å². The van der Waals surface area contributed by atoms with Gasteiger partial charge < -0.3 is 5.32 Å². The molecule has 0 fully saturated rings. The zero-order valence-corrected chi connectivity index (χ0v) is 15.6. The number of hydrogen-bond acceptors (Lipinski definition) is 2. The molecule has 0 spiro atoms. The maximum atomic E-state index is 14.0. The normalized spacial score (nSPS) is 11.0. The van der Waals surface area contributed by atoms with Crippen molar-refractivity contribution in [1.82, 2.24) is 0 Å². The van der Waals surface area contributed by atoms with E-state index in [9.17, 15) is 14.4 Å². The van der Waals surface area contributed by atoms with Crippen LogP contribution in [0.1, 0.15) is 16.7 Å². The molecule has 0 bridgehead atoms. The summed E-state index contributed by atoms with van der Waals surface area (Å²) in [5.74, 6) is -0.833. The molecule has 138 valence electrons. The van der Waals surface area contributed by atoms with Crippen LogP contribution in [0.15, 0.2) is 78.4 Å². The van der Waals surface area contributed by atoms with Gasteiger partial charge >= 0.3 is 0 Å². The molecule has 1 amide bonds. The molecule has 1 N–H and O–H groups in total. The molecule has 0 saturated heterocycles. The minimum absolute atomic E-state index is 0.0686. The molecule has 3 aromatic rings. The van der Waals surface area contributed by atoms with Crippen molar-refractivity contribution in [1.29, 1.82) is 5.26 Å². The van der Waals surface area contributed by atoms with Gasteiger partial charge in [-0.05, 0) is 53.1 Å². The number of benzene rings is 3. The minimum Gasteiger partial charge on any atom is -0.321 e. The van der Waals surface area contributed by atoms with Crippen LogP contribution < -0.4 is 5.32 Å². The number of amides is 1. The standard InChI is InChI=1S/C23H16ClFN2O/c24-20-11-10-16(12-17-6-4-5-9-22(17)25)18(14-20)13-19(15-26)23(28)27-21-7-2-1-3-8-21/h1-11,13-14H,12H2,(H,27,28)/b19-13+. The van der Waals surface area contributed by atoms with Gasteiger partial charge in [-0.2, -0.15) is 5.26 Å². The number of nitriles is 1. The zero-order valence-electron chi connectivity index (χ0n) is 14.8. The summed E-state index contributed by atoms with van der Waals surface area (Å²) in [5.41, 5.74) is 2.39. The van der Waals surface area contributed by atoms with Crippen molar-refractivity contribution in [2.45, 2.75) is 6.42 Å². The largest absolute Gasteiger partial charge is 0.321 e. The number of nitrogens with one attached hydrogen (secondary N) is 1. The van der Waals surface area contributed by atoms with E-state index in [1.54, 1.807) is 60.7 Å². The van der Waals surface area contributed by atoms with Gasteiger partial charge in [0.1, 0.15) is 17.5 Å². The first kappa shape index (κ1) is 19.3. The summed E-state index contributed by atoms with van der Waals surface area (Å²) in [6, 6.07) is 22.4. The fourth-order valence-corrected chi connectivity index (χ4v) is 2.91. The van der Waals surface area contributed by atoms with Crippen LogP contribution in [0.4, 0.5) is 10.1 Å². The second-order valence-corrected chi connectivity index (χ2v) is 6.54. The van der Waals surface area contributed by atoms with E-state index in [0.717, 1.165) is 5.56 Å². The molecule has 3 aromatic carbocycles. The van der Waals surface area contributed by atoms with Crippen molar-refractivity contribution in [3.63, 3.8) is 0 Å². The molecule has 0 unspecified atom stereocenters. The molecule has 0 aliphatic rings. The highest BCUT2D eigenvalue weighted by Gasteiger charge is 2.12. The third kappa shape index (κ3) is 4.85. The molecule has 5 heteroatoms. The van der Waals surface area contributed by atoms with Gasteiger partial charge in [0.2, 0.25) is 0 Å². The fourth-order valence-electron chi connectivity index (χ4n) is 2.73. The number of carbonyl (C=O) groups is 1. The van der Waals surface area contributed by atoms with Crippen LogP contribution in [0.3, 0.4) is 0 Å². The molecular weight excluding hydrogens is 375 g/mol. The highest BCUT2D eigenvalue weighted by Crippen LogP contribution is 2.23. The van der Waals surface area contributed by atoms with E-state index < -0.39 is 5.91 Å². The number of nitrogens with zero attached hydrogens (tertiary/aromatic N) is 1. The first-order chi connectivity index (χ1) is 13.6. The molecule has 0 radical (unpaired) electrons. The maximum absolute atomic E-state index is 14.0. The number of carbonyl (C=O) groups excluding carboxylic acids is 1. The number of rotatable bonds is 5. The Bertz CT molecular complexity index is 1070. The van der Waals surface area contributed by atoms with Crippen LogP contribution >= 0.6 is 11.6 Å². The number of anilines is 1. The SMILES string of the molecule is N#C/C(=C\c1cc(Cl)ccc1Cc1ccccc1F)C(=O)Nc1ccccc1. The van der Waals surface area contributed by atoms with E-state index in [1.807, 2.05) is 12.1 Å². The lowest BCUT2D eigenvalue weighted by atomic mass is 9.98. The monoisotopic (exact) mass is 390 g/mol. The van der Waals surface area contributed by atoms with Crippen LogP contribution in [-0.2, 0) is 11.2 Å². The van der Waals surface area contributed by atoms with E-state index >= 15 is 0 Å². The van der Waals surface area contributed by atoms with Crippen molar-refractivity contribution in [2.75, 3.05) is 5.32 Å². The highest BCUT2D eigenvalue weighted by atomic mass is 35.5. The summed E-state index contributed by atoms with van der Waals surface area (Å²) < 4.78 is 14.0. The Balaban J connectivity index is 1.92. The zero-order chi connectivity index (χ0) is 19.9. The molecule has 3 nitrogen and oxygen atoms in total. The summed E-state index contributed by atoms with van der Waals surface area (Å²) in [4.78, 5) is 12.5. The summed E-state index contributed by atoms with van der Waals surface area (Å²) >= 11 is 6.10. The molecule has 0 aliphatic carbocycles. The van der Waals surface area contributed by atoms with Crippen LogP contribution in [0.5, 0.6) is 0 Å². The van der Waals surface area contributed by atoms with Crippen molar-refractivity contribution in [3.05, 3.63) is 106 Å². The maximum Gasteiger partial charge on any atom is 0.266 e. The van der Waals surface area contributed by atoms with Gasteiger partial charge in [-0.25, -0.2) is 4.39 Å². The smallest absolute Gasteiger partial charge is 0.266 e. The second kappa shape index (κ2) is 8.98. The summed E-state index contributed by atoms with van der Waals surface area (Å²) in [6.07, 6.45) is 1.79. The number of para-hydroxylation sites is 1. The Morgan fingerprint density at radius 2 is 1.75 bits per heavy atom. The molecule has 0 aliphatic heterocycles. The highest BCUT2D eigenvalue weighted by molar-refractivity contribution is 6.30. The van der Waals surface area contributed by atoms with Gasteiger partial charge in [0.25, 0.3) is 5.91 Å². The Morgan fingerprint density at radius 1 is 1.04 bits per heavy atom. The second-order valence-electron chi connectivity index (χ2n) is 6.10. The molecule has 0 aromatic heterocycles. The van der Waals surface area contributed by atoms with E-state index in [0.29, 0.717) is 28.3 Å². The fraction of sp³-hybridized carbons (Fsp3) is 0.0435. The van der Waals surface area contributed by atoms with Crippen LogP contribution in [0.25, 0.3) is 6.08 Å².